The lowest BCUT2D eigenvalue weighted by molar-refractivity contribution is -0.114. The zero-order valence-corrected chi connectivity index (χ0v) is 27.0. The van der Waals surface area contributed by atoms with Gasteiger partial charge in [0.25, 0.3) is 0 Å². The summed E-state index contributed by atoms with van der Waals surface area (Å²) in [6.45, 7) is 1.41. The molecule has 6 rings (SSSR count). The summed E-state index contributed by atoms with van der Waals surface area (Å²) in [7, 11) is 0. The molecule has 0 saturated heterocycles. The predicted molar refractivity (Wildman–Crippen MR) is 181 cm³/mol. The van der Waals surface area contributed by atoms with E-state index >= 15 is 0 Å². The van der Waals surface area contributed by atoms with Gasteiger partial charge in [0.15, 0.2) is 34.9 Å². The third-order valence-electron chi connectivity index (χ3n) is 7.57. The zero-order valence-electron chi connectivity index (χ0n) is 27.0. The van der Waals surface area contributed by atoms with Gasteiger partial charge in [-0.2, -0.15) is 0 Å². The molecule has 1 aliphatic rings. The highest BCUT2D eigenvalue weighted by Crippen LogP contribution is 2.44. The van der Waals surface area contributed by atoms with Gasteiger partial charge >= 0.3 is 11.9 Å². The van der Waals surface area contributed by atoms with Gasteiger partial charge < -0.3 is 60.4 Å². The van der Waals surface area contributed by atoms with E-state index in [1.165, 1.54) is 43.3 Å². The average Bonchev–Trinajstić information content (AvgIpc) is 3.09. The molecule has 0 aliphatic carbocycles. The van der Waals surface area contributed by atoms with Crippen LogP contribution in [0.1, 0.15) is 44.9 Å². The van der Waals surface area contributed by atoms with Gasteiger partial charge in [0, 0.05) is 42.3 Å². The van der Waals surface area contributed by atoms with Crippen LogP contribution in [0.5, 0.6) is 57.5 Å². The van der Waals surface area contributed by atoms with Crippen molar-refractivity contribution >= 4 is 23.5 Å². The predicted octanol–water partition coefficient (Wildman–Crippen LogP) is 5.10. The molecule has 5 aromatic carbocycles. The maximum absolute atomic E-state index is 12.7. The van der Waals surface area contributed by atoms with E-state index in [0.29, 0.717) is 17.0 Å². The fraction of sp³-hybridized carbons (Fsp3) is 0.108. The molecule has 0 radical (unpaired) electrons. The van der Waals surface area contributed by atoms with E-state index in [4.69, 9.17) is 14.2 Å². The fourth-order valence-electron chi connectivity index (χ4n) is 5.10. The SMILES string of the molecule is CC(=O)Nc1ccc(OC(=O)c2ccccc2O)cc1.O=C(OC1Cc2c(O)cc(O)cc2OC1c1ccc(O)c(O)c1)c1cc(O)c(O)c(O)c1. The molecule has 15 heteroatoms. The highest BCUT2D eigenvalue weighted by atomic mass is 16.6. The summed E-state index contributed by atoms with van der Waals surface area (Å²) in [5, 5.41) is 80.4. The number of benzene rings is 5. The summed E-state index contributed by atoms with van der Waals surface area (Å²) in [6, 6.07) is 20.6. The number of hydrogen-bond donors (Lipinski definition) is 9. The van der Waals surface area contributed by atoms with E-state index in [-0.39, 0.29) is 57.8 Å². The summed E-state index contributed by atoms with van der Waals surface area (Å²) >= 11 is 0. The molecule has 15 nitrogen and oxygen atoms in total. The number of amides is 1. The Kier molecular flexibility index (Phi) is 10.4. The third-order valence-corrected chi connectivity index (χ3v) is 7.57. The number of para-hydroxylation sites is 1. The van der Waals surface area contributed by atoms with Crippen molar-refractivity contribution in [2.45, 2.75) is 25.6 Å². The molecular formula is C37H31NO14. The lowest BCUT2D eigenvalue weighted by atomic mass is 9.93. The molecule has 2 unspecified atom stereocenters. The molecule has 1 aliphatic heterocycles. The second kappa shape index (κ2) is 15.1. The molecule has 268 valence electrons. The Morgan fingerprint density at radius 1 is 0.692 bits per heavy atom. The summed E-state index contributed by atoms with van der Waals surface area (Å²) in [5.74, 6) is -5.06. The molecule has 2 atom stereocenters. The summed E-state index contributed by atoms with van der Waals surface area (Å²) in [5.41, 5.74) is 1.03. The van der Waals surface area contributed by atoms with Gasteiger partial charge in [-0.25, -0.2) is 9.59 Å². The lowest BCUT2D eigenvalue weighted by Crippen LogP contribution is -2.34. The molecular weight excluding hydrogens is 682 g/mol. The smallest absolute Gasteiger partial charge is 0.347 e. The molecule has 0 spiro atoms. The third kappa shape index (κ3) is 8.28. The van der Waals surface area contributed by atoms with Gasteiger partial charge in [-0.05, 0) is 60.7 Å². The van der Waals surface area contributed by atoms with Gasteiger partial charge in [0.2, 0.25) is 5.91 Å². The van der Waals surface area contributed by atoms with E-state index in [1.807, 2.05) is 0 Å². The van der Waals surface area contributed by atoms with Crippen LogP contribution in [0.25, 0.3) is 0 Å². The molecule has 9 N–H and O–H groups in total. The van der Waals surface area contributed by atoms with Crippen LogP contribution in [0.2, 0.25) is 0 Å². The van der Waals surface area contributed by atoms with Crippen LogP contribution in [0, 0.1) is 0 Å². The van der Waals surface area contributed by atoms with Gasteiger partial charge in [0.1, 0.15) is 40.4 Å². The average molecular weight is 714 g/mol. The summed E-state index contributed by atoms with van der Waals surface area (Å²) < 4.78 is 16.5. The lowest BCUT2D eigenvalue weighted by Gasteiger charge is -2.34. The van der Waals surface area contributed by atoms with Crippen molar-refractivity contribution in [2.75, 3.05) is 5.32 Å². The molecule has 0 bridgehead atoms. The first-order chi connectivity index (χ1) is 24.7. The second-order valence-electron chi connectivity index (χ2n) is 11.4. The Bertz CT molecular complexity index is 2120. The first kappa shape index (κ1) is 36.0. The Balaban J connectivity index is 0.000000225. The minimum absolute atomic E-state index is 0.0461. The second-order valence-corrected chi connectivity index (χ2v) is 11.4. The van der Waals surface area contributed by atoms with Crippen molar-refractivity contribution in [1.29, 1.82) is 0 Å². The van der Waals surface area contributed by atoms with Crippen molar-refractivity contribution in [3.63, 3.8) is 0 Å². The van der Waals surface area contributed by atoms with Crippen LogP contribution in [0.15, 0.2) is 91.0 Å². The standard InChI is InChI=1S/C22H18O10.C15H13NO4/c23-11-6-14(25)12-8-19(32-22(30)10-4-16(27)20(29)17(28)5-10)21(31-18(12)7-11)9-1-2-13(24)15(26)3-9;1-10(17)16-11-6-8-12(9-7-11)20-15(19)13-4-2-3-5-14(13)18/h1-7,19,21,23-29H,8H2;2-9,18H,1H3,(H,16,17). The number of fused-ring (bicyclic) bond motifs is 1. The van der Waals surface area contributed by atoms with Gasteiger partial charge in [-0.3, -0.25) is 4.79 Å². The number of ether oxygens (including phenoxy) is 3. The normalized spacial score (nSPS) is 14.4. The zero-order chi connectivity index (χ0) is 37.7. The molecule has 0 saturated carbocycles. The maximum Gasteiger partial charge on any atom is 0.347 e. The Hall–Kier alpha value is -7.29. The number of anilines is 1. The van der Waals surface area contributed by atoms with Crippen LogP contribution in [0.3, 0.4) is 0 Å². The molecule has 1 amide bonds. The summed E-state index contributed by atoms with van der Waals surface area (Å²) in [6.07, 6.45) is -2.12. The minimum atomic E-state index is -1.06. The minimum Gasteiger partial charge on any atom is -0.508 e. The van der Waals surface area contributed by atoms with E-state index in [9.17, 15) is 55.2 Å². The molecule has 1 heterocycles. The quantitative estimate of drug-likeness (QED) is 0.0631. The number of nitrogens with one attached hydrogen (secondary N) is 1. The number of hydrogen-bond acceptors (Lipinski definition) is 14. The number of esters is 2. The Morgan fingerprint density at radius 2 is 1.37 bits per heavy atom. The topological polar surface area (TPSA) is 253 Å². The maximum atomic E-state index is 12.7. The van der Waals surface area contributed by atoms with Gasteiger partial charge in [-0.15, -0.1) is 0 Å². The molecule has 0 aromatic heterocycles. The van der Waals surface area contributed by atoms with Crippen LogP contribution < -0.4 is 14.8 Å². The van der Waals surface area contributed by atoms with E-state index in [0.717, 1.165) is 18.2 Å². The Labute approximate surface area is 294 Å². The number of rotatable bonds is 6. The van der Waals surface area contributed by atoms with Crippen molar-refractivity contribution in [3.05, 3.63) is 113 Å². The monoisotopic (exact) mass is 713 g/mol. The van der Waals surface area contributed by atoms with Crippen molar-refractivity contribution in [2.24, 2.45) is 0 Å². The fourth-order valence-corrected chi connectivity index (χ4v) is 5.10. The molecule has 52 heavy (non-hydrogen) atoms. The van der Waals surface area contributed by atoms with Crippen LogP contribution in [0.4, 0.5) is 5.69 Å². The largest absolute Gasteiger partial charge is 0.508 e. The van der Waals surface area contributed by atoms with Crippen molar-refractivity contribution in [1.82, 2.24) is 0 Å². The van der Waals surface area contributed by atoms with Crippen molar-refractivity contribution in [3.8, 4) is 57.5 Å². The summed E-state index contributed by atoms with van der Waals surface area (Å²) in [4.78, 5) is 35.4. The molecule has 0 fully saturated rings. The van der Waals surface area contributed by atoms with Crippen LogP contribution in [-0.2, 0) is 16.0 Å². The van der Waals surface area contributed by atoms with E-state index in [2.05, 4.69) is 5.32 Å². The number of carbonyl (C=O) groups is 3. The van der Waals surface area contributed by atoms with Gasteiger partial charge in [0.05, 0.1) is 5.56 Å². The van der Waals surface area contributed by atoms with Crippen LogP contribution >= 0.6 is 0 Å². The van der Waals surface area contributed by atoms with Crippen molar-refractivity contribution < 1.29 is 69.4 Å². The highest BCUT2D eigenvalue weighted by molar-refractivity contribution is 5.94. The van der Waals surface area contributed by atoms with E-state index in [1.54, 1.807) is 36.4 Å². The Morgan fingerprint density at radius 3 is 2.00 bits per heavy atom. The first-order valence-electron chi connectivity index (χ1n) is 15.3. The number of phenols is 8. The highest BCUT2D eigenvalue weighted by Gasteiger charge is 2.37. The number of aromatic hydroxyl groups is 8. The van der Waals surface area contributed by atoms with Gasteiger partial charge in [-0.1, -0.05) is 18.2 Å². The van der Waals surface area contributed by atoms with Crippen LogP contribution in [-0.4, -0.2) is 64.8 Å². The number of phenolic OH excluding ortho intramolecular Hbond substituents is 8. The number of carbonyl (C=O) groups excluding carboxylic acids is 3. The first-order valence-corrected chi connectivity index (χ1v) is 15.3. The van der Waals surface area contributed by atoms with E-state index < -0.39 is 47.1 Å². The molecule has 5 aromatic rings.